The molecule has 0 bridgehead atoms. The molecule has 0 fully saturated rings. The van der Waals surface area contributed by atoms with Crippen LogP contribution in [0.3, 0.4) is 0 Å². The van der Waals surface area contributed by atoms with Gasteiger partial charge in [-0.25, -0.2) is 0 Å². The maximum absolute atomic E-state index is 6.12. The lowest BCUT2D eigenvalue weighted by Gasteiger charge is -2.25. The predicted octanol–water partition coefficient (Wildman–Crippen LogP) is 5.33. The summed E-state index contributed by atoms with van der Waals surface area (Å²) >= 11 is 0. The molecule has 0 aliphatic heterocycles. The molecule has 3 nitrogen and oxygen atoms in total. The van der Waals surface area contributed by atoms with Gasteiger partial charge in [-0.05, 0) is 58.9 Å². The van der Waals surface area contributed by atoms with E-state index in [1.807, 2.05) is 18.2 Å². The molecule has 6 heteroatoms. The molecule has 0 aliphatic rings. The molecule has 0 aromatic heterocycles. The van der Waals surface area contributed by atoms with Crippen LogP contribution in [0.25, 0.3) is 0 Å². The lowest BCUT2D eigenvalue weighted by atomic mass is 10.3. The van der Waals surface area contributed by atoms with Crippen LogP contribution < -0.4 is 13.3 Å². The molecule has 120 valence electrons. The van der Waals surface area contributed by atoms with Gasteiger partial charge in [0.15, 0.2) is 0 Å². The highest BCUT2D eigenvalue weighted by Gasteiger charge is 2.22. The first kappa shape index (κ1) is 18.3. The molecular weight excluding hydrogens is 312 g/mol. The minimum Gasteiger partial charge on any atom is -0.544 e. The van der Waals surface area contributed by atoms with Gasteiger partial charge in [-0.1, -0.05) is 0 Å². The molecule has 0 saturated carbocycles. The van der Waals surface area contributed by atoms with Gasteiger partial charge in [0.05, 0.1) is 0 Å². The molecule has 0 radical (unpaired) electrons. The van der Waals surface area contributed by atoms with Gasteiger partial charge in [0.25, 0.3) is 0 Å². The van der Waals surface area contributed by atoms with E-state index >= 15 is 0 Å². The van der Waals surface area contributed by atoms with Crippen molar-refractivity contribution >= 4 is 25.0 Å². The van der Waals surface area contributed by atoms with Crippen LogP contribution in [0, 0.1) is 0 Å². The molecule has 21 heavy (non-hydrogen) atoms. The number of benzene rings is 1. The van der Waals surface area contributed by atoms with Crippen molar-refractivity contribution < 1.29 is 13.3 Å². The van der Waals surface area contributed by atoms with Gasteiger partial charge in [-0.15, -0.1) is 0 Å². The van der Waals surface area contributed by atoms with Gasteiger partial charge < -0.3 is 13.3 Å². The van der Waals surface area contributed by atoms with Gasteiger partial charge in [0, 0.05) is 18.2 Å². The Balaban J connectivity index is 3.13. The summed E-state index contributed by atoms with van der Waals surface area (Å²) in [7, 11) is -4.95. The molecule has 1 rings (SSSR count). The second kappa shape index (κ2) is 6.18. The molecular formula is C15H30O3Si3. The molecule has 0 N–H and O–H groups in total. The van der Waals surface area contributed by atoms with Crippen molar-refractivity contribution in [2.24, 2.45) is 0 Å². The summed E-state index contributed by atoms with van der Waals surface area (Å²) in [6, 6.07) is 5.98. The van der Waals surface area contributed by atoms with E-state index in [-0.39, 0.29) is 0 Å². The van der Waals surface area contributed by atoms with Crippen molar-refractivity contribution in [1.29, 1.82) is 0 Å². The topological polar surface area (TPSA) is 27.7 Å². The Hall–Kier alpha value is -0.729. The Morgan fingerprint density at radius 1 is 0.476 bits per heavy atom. The first-order valence-electron chi connectivity index (χ1n) is 7.46. The maximum atomic E-state index is 6.12. The average molecular weight is 343 g/mol. The summed E-state index contributed by atoms with van der Waals surface area (Å²) in [6.45, 7) is 19.6. The smallest absolute Gasteiger partial charge is 0.242 e. The van der Waals surface area contributed by atoms with Crippen LogP contribution in [0.15, 0.2) is 18.2 Å². The summed E-state index contributed by atoms with van der Waals surface area (Å²) < 4.78 is 18.4. The monoisotopic (exact) mass is 342 g/mol. The van der Waals surface area contributed by atoms with Gasteiger partial charge in [0.1, 0.15) is 17.2 Å². The van der Waals surface area contributed by atoms with Crippen molar-refractivity contribution in [1.82, 2.24) is 0 Å². The lowest BCUT2D eigenvalue weighted by Crippen LogP contribution is -2.31. The second-order valence-corrected chi connectivity index (χ2v) is 21.6. The van der Waals surface area contributed by atoms with Crippen molar-refractivity contribution in [3.05, 3.63) is 18.2 Å². The highest BCUT2D eigenvalue weighted by Crippen LogP contribution is 2.32. The fourth-order valence-electron chi connectivity index (χ4n) is 1.78. The summed E-state index contributed by atoms with van der Waals surface area (Å²) in [5, 5.41) is 0. The van der Waals surface area contributed by atoms with Crippen LogP contribution in [-0.4, -0.2) is 25.0 Å². The van der Waals surface area contributed by atoms with Crippen LogP contribution in [-0.2, 0) is 0 Å². The summed E-state index contributed by atoms with van der Waals surface area (Å²) in [4.78, 5) is 0. The average Bonchev–Trinajstić information content (AvgIpc) is 2.06. The third-order valence-electron chi connectivity index (χ3n) is 2.13. The summed E-state index contributed by atoms with van der Waals surface area (Å²) in [6.07, 6.45) is 0. The molecule has 0 amide bonds. The van der Waals surface area contributed by atoms with E-state index in [4.69, 9.17) is 13.3 Å². The fraction of sp³-hybridized carbons (Fsp3) is 0.600. The predicted molar refractivity (Wildman–Crippen MR) is 98.4 cm³/mol. The fourth-order valence-corrected chi connectivity index (χ4v) is 4.26. The molecule has 0 atom stereocenters. The molecule has 0 aliphatic carbocycles. The number of hydrogen-bond acceptors (Lipinski definition) is 3. The van der Waals surface area contributed by atoms with Crippen molar-refractivity contribution in [2.75, 3.05) is 0 Å². The first-order valence-corrected chi connectivity index (χ1v) is 17.7. The highest BCUT2D eigenvalue weighted by atomic mass is 28.4. The third-order valence-corrected chi connectivity index (χ3v) is 4.67. The largest absolute Gasteiger partial charge is 0.544 e. The molecule has 1 aromatic carbocycles. The standard InChI is InChI=1S/C15H30O3Si3/c1-19(2,3)16-13-10-14(17-20(4,5)6)12-15(11-13)18-21(7,8)9/h10-12H,1-9H3. The van der Waals surface area contributed by atoms with Gasteiger partial charge in [-0.3, -0.25) is 0 Å². The zero-order chi connectivity index (χ0) is 16.5. The Kier molecular flexibility index (Phi) is 5.39. The molecule has 0 saturated heterocycles. The first-order chi connectivity index (χ1) is 9.23. The van der Waals surface area contributed by atoms with Crippen molar-refractivity contribution in [3.8, 4) is 17.2 Å². The van der Waals surface area contributed by atoms with E-state index in [1.165, 1.54) is 0 Å². The Bertz CT molecular complexity index is 399. The second-order valence-electron chi connectivity index (χ2n) is 8.28. The number of hydrogen-bond donors (Lipinski definition) is 0. The van der Waals surface area contributed by atoms with E-state index in [2.05, 4.69) is 58.9 Å². The third kappa shape index (κ3) is 8.33. The summed E-state index contributed by atoms with van der Waals surface area (Å²) in [5.74, 6) is 2.58. The number of rotatable bonds is 6. The Morgan fingerprint density at radius 3 is 0.810 bits per heavy atom. The van der Waals surface area contributed by atoms with Crippen LogP contribution in [0.2, 0.25) is 58.9 Å². The molecule has 0 heterocycles. The van der Waals surface area contributed by atoms with Crippen LogP contribution >= 0.6 is 0 Å². The zero-order valence-corrected chi connectivity index (χ0v) is 18.0. The van der Waals surface area contributed by atoms with E-state index in [1.54, 1.807) is 0 Å². The minimum atomic E-state index is -1.65. The Labute approximate surface area is 133 Å². The molecule has 0 unspecified atom stereocenters. The summed E-state index contributed by atoms with van der Waals surface area (Å²) in [5.41, 5.74) is 0. The Morgan fingerprint density at radius 2 is 0.667 bits per heavy atom. The van der Waals surface area contributed by atoms with E-state index in [0.717, 1.165) is 17.2 Å². The van der Waals surface area contributed by atoms with E-state index in [9.17, 15) is 0 Å². The normalized spacial score (nSPS) is 13.0. The minimum absolute atomic E-state index is 0.859. The van der Waals surface area contributed by atoms with Crippen LogP contribution in [0.5, 0.6) is 17.2 Å². The van der Waals surface area contributed by atoms with Crippen molar-refractivity contribution in [2.45, 2.75) is 58.9 Å². The van der Waals surface area contributed by atoms with Gasteiger partial charge in [-0.2, -0.15) is 0 Å². The van der Waals surface area contributed by atoms with Crippen molar-refractivity contribution in [3.63, 3.8) is 0 Å². The van der Waals surface area contributed by atoms with Crippen LogP contribution in [0.4, 0.5) is 0 Å². The van der Waals surface area contributed by atoms with Gasteiger partial charge in [0.2, 0.25) is 25.0 Å². The maximum Gasteiger partial charge on any atom is 0.242 e. The zero-order valence-electron chi connectivity index (χ0n) is 15.0. The quantitative estimate of drug-likeness (QED) is 0.654. The lowest BCUT2D eigenvalue weighted by molar-refractivity contribution is 0.511. The molecule has 0 spiro atoms. The SMILES string of the molecule is C[Si](C)(C)Oc1cc(O[Si](C)(C)C)cc(O[Si](C)(C)C)c1. The van der Waals surface area contributed by atoms with Crippen LogP contribution in [0.1, 0.15) is 0 Å². The van der Waals surface area contributed by atoms with E-state index in [0.29, 0.717) is 0 Å². The van der Waals surface area contributed by atoms with E-state index < -0.39 is 25.0 Å². The molecule has 1 aromatic rings. The van der Waals surface area contributed by atoms with Gasteiger partial charge >= 0.3 is 0 Å². The highest BCUT2D eigenvalue weighted by molar-refractivity contribution is 6.71.